The maximum absolute atomic E-state index is 11.8. The number of halogens is 1. The van der Waals surface area contributed by atoms with Crippen molar-refractivity contribution in [1.29, 1.82) is 0 Å². The van der Waals surface area contributed by atoms with Gasteiger partial charge in [0, 0.05) is 37.2 Å². The monoisotopic (exact) mass is 303 g/mol. The lowest BCUT2D eigenvalue weighted by atomic mass is 10.2. The average molecular weight is 304 g/mol. The Morgan fingerprint density at radius 1 is 1.60 bits per heavy atom. The van der Waals surface area contributed by atoms with E-state index < -0.39 is 29.7 Å². The van der Waals surface area contributed by atoms with Crippen LogP contribution in [0.15, 0.2) is 15.8 Å². The van der Waals surface area contributed by atoms with Gasteiger partial charge in [-0.2, -0.15) is 0 Å². The molecule has 112 valence electrons. The number of nitrogens with zero attached hydrogens (tertiary/aromatic N) is 1. The molecule has 0 radical (unpaired) electrons. The van der Waals surface area contributed by atoms with E-state index in [9.17, 15) is 14.7 Å². The van der Waals surface area contributed by atoms with Crippen molar-refractivity contribution in [3.63, 3.8) is 0 Å². The summed E-state index contributed by atoms with van der Waals surface area (Å²) >= 11 is 5.56. The zero-order valence-corrected chi connectivity index (χ0v) is 11.9. The number of ether oxygens (including phenoxy) is 1. The van der Waals surface area contributed by atoms with Gasteiger partial charge in [0.25, 0.3) is 5.56 Å². The molecule has 0 amide bonds. The first-order chi connectivity index (χ1) is 9.52. The van der Waals surface area contributed by atoms with Gasteiger partial charge < -0.3 is 15.2 Å². The molecule has 8 heteroatoms. The van der Waals surface area contributed by atoms with Crippen LogP contribution in [-0.2, 0) is 4.74 Å². The highest BCUT2D eigenvalue weighted by atomic mass is 35.5. The maximum atomic E-state index is 11.8. The number of rotatable bonds is 5. The minimum atomic E-state index is -0.665. The third kappa shape index (κ3) is 3.29. The fraction of sp³-hybridized carbons (Fsp3) is 0.667. The summed E-state index contributed by atoms with van der Waals surface area (Å²) in [4.78, 5) is 25.3. The third-order valence-corrected chi connectivity index (χ3v) is 3.47. The molecule has 20 heavy (non-hydrogen) atoms. The van der Waals surface area contributed by atoms with Gasteiger partial charge in [-0.25, -0.2) is 4.79 Å². The number of alkyl halides is 1. The first-order valence-corrected chi connectivity index (χ1v) is 6.98. The Labute approximate surface area is 120 Å². The van der Waals surface area contributed by atoms with E-state index in [1.54, 1.807) is 6.92 Å². The van der Waals surface area contributed by atoms with Gasteiger partial charge in [0.2, 0.25) is 0 Å². The second-order valence-corrected chi connectivity index (χ2v) is 5.18. The second-order valence-electron chi connectivity index (χ2n) is 4.80. The van der Waals surface area contributed by atoms with E-state index in [1.165, 1.54) is 10.8 Å². The molecule has 1 aromatic rings. The molecule has 0 aromatic carbocycles. The predicted molar refractivity (Wildman–Crippen MR) is 74.2 cm³/mol. The number of hydrogen-bond donors (Lipinski definition) is 3. The van der Waals surface area contributed by atoms with Crippen LogP contribution in [-0.4, -0.2) is 45.8 Å². The SMILES string of the molecule is Cc1cn([C@H]2C[C@H](O)[C@@H](CNCCCl)O2)c(=O)[nH]c1=O. The molecule has 1 aliphatic rings. The first-order valence-electron chi connectivity index (χ1n) is 6.45. The van der Waals surface area contributed by atoms with Crippen molar-refractivity contribution in [2.24, 2.45) is 0 Å². The summed E-state index contributed by atoms with van der Waals surface area (Å²) in [6.07, 6.45) is 0.117. The summed E-state index contributed by atoms with van der Waals surface area (Å²) in [6, 6.07) is 0. The molecule has 2 heterocycles. The summed E-state index contributed by atoms with van der Waals surface area (Å²) in [6.45, 7) is 2.69. The molecule has 3 atom stereocenters. The lowest BCUT2D eigenvalue weighted by molar-refractivity contribution is -0.0190. The molecule has 2 rings (SSSR count). The van der Waals surface area contributed by atoms with Crippen molar-refractivity contribution < 1.29 is 9.84 Å². The van der Waals surface area contributed by atoms with Crippen LogP contribution in [0, 0.1) is 6.92 Å². The molecule has 1 aliphatic heterocycles. The van der Waals surface area contributed by atoms with Gasteiger partial charge in [0.05, 0.1) is 12.2 Å². The second kappa shape index (κ2) is 6.53. The van der Waals surface area contributed by atoms with Crippen LogP contribution in [0.4, 0.5) is 0 Å². The summed E-state index contributed by atoms with van der Waals surface area (Å²) in [7, 11) is 0. The van der Waals surface area contributed by atoms with Gasteiger partial charge >= 0.3 is 5.69 Å². The van der Waals surface area contributed by atoms with Crippen LogP contribution in [0.2, 0.25) is 0 Å². The smallest absolute Gasteiger partial charge is 0.330 e. The number of aliphatic hydroxyl groups excluding tert-OH is 1. The molecule has 1 saturated heterocycles. The summed E-state index contributed by atoms with van der Waals surface area (Å²) in [5, 5.41) is 13.0. The number of hydrogen-bond acceptors (Lipinski definition) is 5. The zero-order chi connectivity index (χ0) is 14.7. The van der Waals surface area contributed by atoms with Crippen LogP contribution in [0.1, 0.15) is 18.2 Å². The summed E-state index contributed by atoms with van der Waals surface area (Å²) in [5.74, 6) is 0.477. The van der Waals surface area contributed by atoms with Gasteiger partial charge in [0.15, 0.2) is 0 Å². The largest absolute Gasteiger partial charge is 0.390 e. The average Bonchev–Trinajstić information content (AvgIpc) is 2.76. The normalized spacial score (nSPS) is 26.1. The Morgan fingerprint density at radius 2 is 2.35 bits per heavy atom. The van der Waals surface area contributed by atoms with E-state index in [0.717, 1.165) is 0 Å². The van der Waals surface area contributed by atoms with E-state index in [4.69, 9.17) is 16.3 Å². The summed E-state index contributed by atoms with van der Waals surface area (Å²) in [5.41, 5.74) is -0.524. The van der Waals surface area contributed by atoms with Crippen molar-refractivity contribution in [2.75, 3.05) is 19.0 Å². The van der Waals surface area contributed by atoms with Gasteiger partial charge in [0.1, 0.15) is 6.23 Å². The van der Waals surface area contributed by atoms with Crippen LogP contribution < -0.4 is 16.6 Å². The molecule has 0 unspecified atom stereocenters. The van der Waals surface area contributed by atoms with Crippen molar-refractivity contribution >= 4 is 11.6 Å². The third-order valence-electron chi connectivity index (χ3n) is 3.28. The zero-order valence-electron chi connectivity index (χ0n) is 11.1. The molecule has 3 N–H and O–H groups in total. The highest BCUT2D eigenvalue weighted by molar-refractivity contribution is 6.18. The number of aromatic nitrogens is 2. The van der Waals surface area contributed by atoms with Crippen LogP contribution in [0.5, 0.6) is 0 Å². The maximum Gasteiger partial charge on any atom is 0.330 e. The Hall–Kier alpha value is -1.15. The quantitative estimate of drug-likeness (QED) is 0.495. The van der Waals surface area contributed by atoms with Gasteiger partial charge in [-0.05, 0) is 6.92 Å². The molecule has 0 saturated carbocycles. The van der Waals surface area contributed by atoms with E-state index >= 15 is 0 Å². The Morgan fingerprint density at radius 3 is 3.05 bits per heavy atom. The molecule has 0 spiro atoms. The molecule has 1 fully saturated rings. The van der Waals surface area contributed by atoms with Gasteiger partial charge in [-0.3, -0.25) is 14.3 Å². The Kier molecular flexibility index (Phi) is 4.98. The molecule has 1 aromatic heterocycles. The number of aromatic amines is 1. The summed E-state index contributed by atoms with van der Waals surface area (Å²) < 4.78 is 6.97. The van der Waals surface area contributed by atoms with Crippen LogP contribution in [0.25, 0.3) is 0 Å². The predicted octanol–water partition coefficient (Wildman–Crippen LogP) is -0.678. The van der Waals surface area contributed by atoms with Crippen LogP contribution >= 0.6 is 11.6 Å². The van der Waals surface area contributed by atoms with Gasteiger partial charge in [-0.15, -0.1) is 11.6 Å². The standard InChI is InChI=1S/C12H18ClN3O4/c1-7-6-16(12(19)15-11(7)18)10-4-8(17)9(20-10)5-14-3-2-13/h6,8-10,14,17H,2-5H2,1H3,(H,15,18,19)/t8-,9+,10+/m0/s1. The van der Waals surface area contributed by atoms with Crippen molar-refractivity contribution in [2.45, 2.75) is 31.8 Å². The lowest BCUT2D eigenvalue weighted by Gasteiger charge is -2.16. The van der Waals surface area contributed by atoms with E-state index in [0.29, 0.717) is 31.0 Å². The number of aliphatic hydroxyl groups is 1. The molecular formula is C12H18ClN3O4. The minimum Gasteiger partial charge on any atom is -0.390 e. The van der Waals surface area contributed by atoms with E-state index in [1.807, 2.05) is 0 Å². The van der Waals surface area contributed by atoms with Crippen molar-refractivity contribution in [3.05, 3.63) is 32.6 Å². The Bertz CT molecular complexity index is 571. The molecular weight excluding hydrogens is 286 g/mol. The minimum absolute atomic E-state index is 0.304. The van der Waals surface area contributed by atoms with Crippen molar-refractivity contribution in [1.82, 2.24) is 14.9 Å². The highest BCUT2D eigenvalue weighted by Gasteiger charge is 2.35. The van der Waals surface area contributed by atoms with Gasteiger partial charge in [-0.1, -0.05) is 0 Å². The van der Waals surface area contributed by atoms with E-state index in [-0.39, 0.29) is 0 Å². The first kappa shape index (κ1) is 15.2. The lowest BCUT2D eigenvalue weighted by Crippen LogP contribution is -2.35. The highest BCUT2D eigenvalue weighted by Crippen LogP contribution is 2.27. The molecule has 0 bridgehead atoms. The topological polar surface area (TPSA) is 96.3 Å². The van der Waals surface area contributed by atoms with Crippen molar-refractivity contribution in [3.8, 4) is 0 Å². The number of H-pyrrole nitrogens is 1. The van der Waals surface area contributed by atoms with Crippen LogP contribution in [0.3, 0.4) is 0 Å². The number of aryl methyl sites for hydroxylation is 1. The van der Waals surface area contributed by atoms with E-state index in [2.05, 4.69) is 10.3 Å². The fourth-order valence-electron chi connectivity index (χ4n) is 2.18. The molecule has 7 nitrogen and oxygen atoms in total. The fourth-order valence-corrected chi connectivity index (χ4v) is 2.31. The number of nitrogens with one attached hydrogen (secondary N) is 2. The Balaban J connectivity index is 2.10. The molecule has 0 aliphatic carbocycles.